The second-order valence-electron chi connectivity index (χ2n) is 3.62. The molecule has 1 aliphatic rings. The van der Waals surface area contributed by atoms with Gasteiger partial charge in [0.25, 0.3) is 0 Å². The van der Waals surface area contributed by atoms with E-state index < -0.39 is 5.67 Å². The second-order valence-corrected chi connectivity index (χ2v) is 3.62. The van der Waals surface area contributed by atoms with E-state index in [-0.39, 0.29) is 0 Å². The van der Waals surface area contributed by atoms with Gasteiger partial charge in [0.05, 0.1) is 12.3 Å². The van der Waals surface area contributed by atoms with Crippen LogP contribution in [0.25, 0.3) is 0 Å². The molecule has 70 valence electrons. The van der Waals surface area contributed by atoms with E-state index in [2.05, 4.69) is 12.0 Å². The van der Waals surface area contributed by atoms with E-state index in [0.29, 0.717) is 12.3 Å². The van der Waals surface area contributed by atoms with Crippen molar-refractivity contribution in [3.63, 3.8) is 0 Å². The third-order valence-corrected chi connectivity index (χ3v) is 2.30. The van der Waals surface area contributed by atoms with Crippen molar-refractivity contribution in [1.82, 2.24) is 5.01 Å². The Morgan fingerprint density at radius 3 is 2.75 bits per heavy atom. The average Bonchev–Trinajstić information content (AvgIpc) is 2.22. The van der Waals surface area contributed by atoms with Gasteiger partial charge < -0.3 is 0 Å². The van der Waals surface area contributed by atoms with Crippen molar-refractivity contribution >= 4 is 5.71 Å². The lowest BCUT2D eigenvalue weighted by Crippen LogP contribution is -2.32. The molecule has 0 amide bonds. The summed E-state index contributed by atoms with van der Waals surface area (Å²) >= 11 is 0. The fourth-order valence-corrected chi connectivity index (χ4v) is 1.28. The molecule has 12 heavy (non-hydrogen) atoms. The summed E-state index contributed by atoms with van der Waals surface area (Å²) in [7, 11) is 0. The summed E-state index contributed by atoms with van der Waals surface area (Å²) in [6.07, 6.45) is 2.22. The molecule has 0 spiro atoms. The number of hydrogen-bond acceptors (Lipinski definition) is 2. The standard InChI is InChI=1S/C9H17FN2/c1-4-5-6-12-7-9(3,10)8(2)11-12/h4-7H2,1-3H3. The van der Waals surface area contributed by atoms with Crippen LogP contribution in [0.1, 0.15) is 33.6 Å². The number of hydrazone groups is 1. The third-order valence-electron chi connectivity index (χ3n) is 2.30. The van der Waals surface area contributed by atoms with Crippen LogP contribution in [0.15, 0.2) is 5.10 Å². The summed E-state index contributed by atoms with van der Waals surface area (Å²) < 4.78 is 13.5. The smallest absolute Gasteiger partial charge is 0.166 e. The number of rotatable bonds is 3. The molecule has 1 heterocycles. The second kappa shape index (κ2) is 3.42. The van der Waals surface area contributed by atoms with Gasteiger partial charge in [0.2, 0.25) is 0 Å². The summed E-state index contributed by atoms with van der Waals surface area (Å²) in [5.41, 5.74) is -0.591. The Hall–Kier alpha value is -0.600. The highest BCUT2D eigenvalue weighted by Gasteiger charge is 2.35. The number of nitrogens with zero attached hydrogens (tertiary/aromatic N) is 2. The lowest BCUT2D eigenvalue weighted by Gasteiger charge is -2.16. The monoisotopic (exact) mass is 172 g/mol. The highest BCUT2D eigenvalue weighted by atomic mass is 19.1. The van der Waals surface area contributed by atoms with Crippen molar-refractivity contribution < 1.29 is 4.39 Å². The van der Waals surface area contributed by atoms with Crippen LogP contribution in [0.3, 0.4) is 0 Å². The van der Waals surface area contributed by atoms with Gasteiger partial charge in [-0.25, -0.2) is 4.39 Å². The lowest BCUT2D eigenvalue weighted by atomic mass is 10.1. The normalized spacial score (nSPS) is 29.3. The van der Waals surface area contributed by atoms with E-state index in [1.165, 1.54) is 0 Å². The first-order valence-corrected chi connectivity index (χ1v) is 4.56. The van der Waals surface area contributed by atoms with E-state index in [4.69, 9.17) is 0 Å². The Morgan fingerprint density at radius 2 is 2.33 bits per heavy atom. The molecule has 0 bridgehead atoms. The minimum Gasteiger partial charge on any atom is -0.293 e. The van der Waals surface area contributed by atoms with E-state index in [1.807, 2.05) is 5.01 Å². The maximum Gasteiger partial charge on any atom is 0.166 e. The number of alkyl halides is 1. The molecule has 1 rings (SSSR count). The molecule has 0 aromatic carbocycles. The van der Waals surface area contributed by atoms with Gasteiger partial charge in [-0.1, -0.05) is 13.3 Å². The molecule has 0 saturated heterocycles. The largest absolute Gasteiger partial charge is 0.293 e. The molecule has 0 aliphatic carbocycles. The van der Waals surface area contributed by atoms with Crippen LogP contribution in [0.4, 0.5) is 4.39 Å². The summed E-state index contributed by atoms with van der Waals surface area (Å²) in [4.78, 5) is 0. The number of hydrogen-bond donors (Lipinski definition) is 0. The summed E-state index contributed by atoms with van der Waals surface area (Å²) in [5.74, 6) is 0. The average molecular weight is 172 g/mol. The molecule has 0 fully saturated rings. The Labute approximate surface area is 73.4 Å². The highest BCUT2D eigenvalue weighted by molar-refractivity contribution is 5.91. The molecule has 0 saturated carbocycles. The van der Waals surface area contributed by atoms with Crippen molar-refractivity contribution in [3.8, 4) is 0 Å². The van der Waals surface area contributed by atoms with Crippen LogP contribution < -0.4 is 0 Å². The number of unbranched alkanes of at least 4 members (excludes halogenated alkanes) is 1. The van der Waals surface area contributed by atoms with Crippen LogP contribution in [0.2, 0.25) is 0 Å². The Morgan fingerprint density at radius 1 is 1.67 bits per heavy atom. The quantitative estimate of drug-likeness (QED) is 0.637. The summed E-state index contributed by atoms with van der Waals surface area (Å²) in [5, 5.41) is 5.99. The van der Waals surface area contributed by atoms with E-state index in [0.717, 1.165) is 19.4 Å². The molecule has 0 radical (unpaired) electrons. The topological polar surface area (TPSA) is 15.6 Å². The van der Waals surface area contributed by atoms with Gasteiger partial charge >= 0.3 is 0 Å². The SMILES string of the molecule is CCCCN1CC(C)(F)C(C)=N1. The zero-order chi connectivity index (χ0) is 9.19. The molecular weight excluding hydrogens is 155 g/mol. The first kappa shape index (κ1) is 9.49. The van der Waals surface area contributed by atoms with Crippen molar-refractivity contribution in [1.29, 1.82) is 0 Å². The molecular formula is C9H17FN2. The van der Waals surface area contributed by atoms with Crippen LogP contribution >= 0.6 is 0 Å². The molecule has 0 N–H and O–H groups in total. The molecule has 1 atom stereocenters. The minimum absolute atomic E-state index is 0.429. The molecule has 3 heteroatoms. The fourth-order valence-electron chi connectivity index (χ4n) is 1.28. The van der Waals surface area contributed by atoms with E-state index >= 15 is 0 Å². The van der Waals surface area contributed by atoms with Crippen molar-refractivity contribution in [2.45, 2.75) is 39.3 Å². The fraction of sp³-hybridized carbons (Fsp3) is 0.889. The predicted octanol–water partition coefficient (Wildman–Crippen LogP) is 2.21. The van der Waals surface area contributed by atoms with E-state index in [9.17, 15) is 4.39 Å². The van der Waals surface area contributed by atoms with Gasteiger partial charge in [0, 0.05) is 6.54 Å². The van der Waals surface area contributed by atoms with Gasteiger partial charge in [0.15, 0.2) is 5.67 Å². The third kappa shape index (κ3) is 1.96. The molecule has 2 nitrogen and oxygen atoms in total. The van der Waals surface area contributed by atoms with Gasteiger partial charge in [-0.2, -0.15) is 5.10 Å². The molecule has 0 aromatic heterocycles. The van der Waals surface area contributed by atoms with Crippen LogP contribution in [-0.2, 0) is 0 Å². The summed E-state index contributed by atoms with van der Waals surface area (Å²) in [6, 6.07) is 0. The zero-order valence-corrected chi connectivity index (χ0v) is 8.10. The first-order chi connectivity index (χ1) is 5.56. The van der Waals surface area contributed by atoms with Gasteiger partial charge in [-0.3, -0.25) is 5.01 Å². The van der Waals surface area contributed by atoms with Gasteiger partial charge in [-0.15, -0.1) is 0 Å². The zero-order valence-electron chi connectivity index (χ0n) is 8.10. The minimum atomic E-state index is -1.20. The first-order valence-electron chi connectivity index (χ1n) is 4.56. The van der Waals surface area contributed by atoms with E-state index in [1.54, 1.807) is 13.8 Å². The van der Waals surface area contributed by atoms with Crippen LogP contribution in [0.5, 0.6) is 0 Å². The van der Waals surface area contributed by atoms with Crippen LogP contribution in [0, 0.1) is 0 Å². The van der Waals surface area contributed by atoms with Crippen molar-refractivity contribution in [2.75, 3.05) is 13.1 Å². The van der Waals surface area contributed by atoms with Crippen molar-refractivity contribution in [2.24, 2.45) is 5.10 Å². The molecule has 1 aliphatic heterocycles. The maximum absolute atomic E-state index is 13.5. The Balaban J connectivity index is 2.44. The predicted molar refractivity (Wildman–Crippen MR) is 49.1 cm³/mol. The lowest BCUT2D eigenvalue weighted by molar-refractivity contribution is 0.200. The Kier molecular flexibility index (Phi) is 2.70. The highest BCUT2D eigenvalue weighted by Crippen LogP contribution is 2.22. The number of halogens is 1. The van der Waals surface area contributed by atoms with Gasteiger partial charge in [-0.05, 0) is 20.3 Å². The summed E-state index contributed by atoms with van der Waals surface area (Å²) in [6.45, 7) is 6.79. The van der Waals surface area contributed by atoms with Crippen LogP contribution in [-0.4, -0.2) is 29.5 Å². The molecule has 1 unspecified atom stereocenters. The van der Waals surface area contributed by atoms with Gasteiger partial charge in [0.1, 0.15) is 0 Å². The molecule has 0 aromatic rings. The maximum atomic E-state index is 13.5. The van der Waals surface area contributed by atoms with Crippen molar-refractivity contribution in [3.05, 3.63) is 0 Å². The Bertz CT molecular complexity index is 187.